The zero-order valence-electron chi connectivity index (χ0n) is 4.76. The third kappa shape index (κ3) is 66.5. The fraction of sp³-hybridized carbons (Fsp3) is 0. The van der Waals surface area contributed by atoms with Gasteiger partial charge in [0, 0.05) is 0 Å². The molecule has 0 aliphatic heterocycles. The Morgan fingerprint density at radius 3 is 1.38 bits per heavy atom. The van der Waals surface area contributed by atoms with Crippen molar-refractivity contribution in [2.75, 3.05) is 0 Å². The molecule has 0 radical (unpaired) electrons. The van der Waals surface area contributed by atoms with Gasteiger partial charge in [0.1, 0.15) is 0 Å². The van der Waals surface area contributed by atoms with E-state index in [-0.39, 0.29) is 12.3 Å². The standard InChI is InChI=1S/C2H4.CH3NO2.2H3N/c1-2;2-1(3)4;;/h1-2H2;2H2,(H,3,4);2*1H3. The van der Waals surface area contributed by atoms with Crippen LogP contribution in [-0.2, 0) is 0 Å². The summed E-state index contributed by atoms with van der Waals surface area (Å²) in [5.41, 5.74) is 4.03. The normalized spacial score (nSPS) is 3.50. The lowest BCUT2D eigenvalue weighted by Gasteiger charge is -1.61. The van der Waals surface area contributed by atoms with Crippen LogP contribution in [0.4, 0.5) is 4.79 Å². The van der Waals surface area contributed by atoms with Crippen LogP contribution in [0.15, 0.2) is 13.2 Å². The van der Waals surface area contributed by atoms with Crippen molar-refractivity contribution in [2.45, 2.75) is 0 Å². The molecule has 5 heteroatoms. The molecule has 0 aromatic heterocycles. The molecule has 52 valence electrons. The van der Waals surface area contributed by atoms with Crippen molar-refractivity contribution >= 4 is 6.09 Å². The first-order chi connectivity index (χ1) is 2.73. The van der Waals surface area contributed by atoms with Gasteiger partial charge in [0.25, 0.3) is 0 Å². The minimum Gasteiger partial charge on any atom is -0.465 e. The van der Waals surface area contributed by atoms with Gasteiger partial charge in [-0.3, -0.25) is 0 Å². The molecule has 1 amide bonds. The van der Waals surface area contributed by atoms with Crippen LogP contribution in [0.5, 0.6) is 0 Å². The topological polar surface area (TPSA) is 133 Å². The van der Waals surface area contributed by atoms with Crippen LogP contribution in [0.25, 0.3) is 0 Å². The molecule has 0 heterocycles. The van der Waals surface area contributed by atoms with E-state index in [1.165, 1.54) is 0 Å². The zero-order chi connectivity index (χ0) is 5.58. The summed E-state index contributed by atoms with van der Waals surface area (Å²) < 4.78 is 0. The molecule has 9 N–H and O–H groups in total. The van der Waals surface area contributed by atoms with Crippen LogP contribution in [0, 0.1) is 0 Å². The molecule has 0 aromatic rings. The predicted molar refractivity (Wildman–Crippen MR) is 33.5 cm³/mol. The summed E-state index contributed by atoms with van der Waals surface area (Å²) in [6.45, 7) is 6.00. The smallest absolute Gasteiger partial charge is 0.402 e. The van der Waals surface area contributed by atoms with Gasteiger partial charge < -0.3 is 23.1 Å². The summed E-state index contributed by atoms with van der Waals surface area (Å²) in [7, 11) is 0. The van der Waals surface area contributed by atoms with E-state index in [0.717, 1.165) is 0 Å². The fourth-order valence-electron chi connectivity index (χ4n) is 0. The monoisotopic (exact) mass is 123 g/mol. The highest BCUT2D eigenvalue weighted by atomic mass is 16.4. The number of hydrogen-bond donors (Lipinski definition) is 4. The Balaban J connectivity index is -0.0000000183. The van der Waals surface area contributed by atoms with Gasteiger partial charge in [-0.2, -0.15) is 0 Å². The number of nitrogens with two attached hydrogens (primary N) is 1. The highest BCUT2D eigenvalue weighted by molar-refractivity contribution is 5.61. The molecule has 0 rings (SSSR count). The lowest BCUT2D eigenvalue weighted by atomic mass is 11.3. The minimum atomic E-state index is -1.33. The lowest BCUT2D eigenvalue weighted by molar-refractivity contribution is 0.205. The first-order valence-electron chi connectivity index (χ1n) is 1.22. The van der Waals surface area contributed by atoms with Crippen LogP contribution in [0.3, 0.4) is 0 Å². The molecule has 0 saturated carbocycles. The first kappa shape index (κ1) is 28.4. The third-order valence-electron chi connectivity index (χ3n) is 0. The summed E-state index contributed by atoms with van der Waals surface area (Å²) in [4.78, 5) is 8.78. The maximum atomic E-state index is 8.78. The number of amides is 1. The molecule has 0 aliphatic carbocycles. The second-order valence-electron chi connectivity index (χ2n) is 0.338. The fourth-order valence-corrected chi connectivity index (χ4v) is 0. The summed E-state index contributed by atoms with van der Waals surface area (Å²) >= 11 is 0. The number of rotatable bonds is 0. The van der Waals surface area contributed by atoms with Crippen molar-refractivity contribution < 1.29 is 9.90 Å². The maximum absolute atomic E-state index is 8.78. The molecular formula is C3H13N3O2. The van der Waals surface area contributed by atoms with Crippen molar-refractivity contribution in [1.29, 1.82) is 0 Å². The SMILES string of the molecule is C=C.N.N.NC(=O)O. The largest absolute Gasteiger partial charge is 0.465 e. The highest BCUT2D eigenvalue weighted by Crippen LogP contribution is 1.34. The van der Waals surface area contributed by atoms with Gasteiger partial charge in [-0.15, -0.1) is 13.2 Å². The molecule has 0 aliphatic rings. The van der Waals surface area contributed by atoms with E-state index in [0.29, 0.717) is 0 Å². The van der Waals surface area contributed by atoms with E-state index in [2.05, 4.69) is 18.9 Å². The van der Waals surface area contributed by atoms with Gasteiger partial charge in [-0.1, -0.05) is 0 Å². The molecule has 0 unspecified atom stereocenters. The Morgan fingerprint density at radius 2 is 1.38 bits per heavy atom. The van der Waals surface area contributed by atoms with Crippen molar-refractivity contribution in [3.8, 4) is 0 Å². The predicted octanol–water partition coefficient (Wildman–Crippen LogP) is 0.749. The molecular weight excluding hydrogens is 110 g/mol. The summed E-state index contributed by atoms with van der Waals surface area (Å²) in [5, 5.41) is 7.19. The van der Waals surface area contributed by atoms with Crippen molar-refractivity contribution in [2.24, 2.45) is 5.73 Å². The van der Waals surface area contributed by atoms with E-state index in [1.807, 2.05) is 0 Å². The van der Waals surface area contributed by atoms with Gasteiger partial charge in [0.2, 0.25) is 0 Å². The highest BCUT2D eigenvalue weighted by Gasteiger charge is 1.65. The van der Waals surface area contributed by atoms with E-state index in [4.69, 9.17) is 9.90 Å². The maximum Gasteiger partial charge on any atom is 0.402 e. The van der Waals surface area contributed by atoms with Crippen molar-refractivity contribution in [3.05, 3.63) is 13.2 Å². The zero-order valence-corrected chi connectivity index (χ0v) is 4.76. The molecule has 0 atom stereocenters. The van der Waals surface area contributed by atoms with Crippen LogP contribution >= 0.6 is 0 Å². The molecule has 5 nitrogen and oxygen atoms in total. The summed E-state index contributed by atoms with van der Waals surface area (Å²) in [6.07, 6.45) is -1.33. The number of carbonyl (C=O) groups is 1. The lowest BCUT2D eigenvalue weighted by Crippen LogP contribution is -2.03. The van der Waals surface area contributed by atoms with Crippen LogP contribution in [-0.4, -0.2) is 11.2 Å². The molecule has 0 spiro atoms. The Hall–Kier alpha value is -1.07. The molecule has 0 bridgehead atoms. The van der Waals surface area contributed by atoms with Crippen LogP contribution in [0.2, 0.25) is 0 Å². The van der Waals surface area contributed by atoms with E-state index in [9.17, 15) is 0 Å². The minimum absolute atomic E-state index is 0. The van der Waals surface area contributed by atoms with Gasteiger partial charge in [0.05, 0.1) is 0 Å². The van der Waals surface area contributed by atoms with Gasteiger partial charge in [0.15, 0.2) is 0 Å². The quantitative estimate of drug-likeness (QED) is 0.353. The second kappa shape index (κ2) is 38.7. The molecule has 0 aromatic carbocycles. The average molecular weight is 123 g/mol. The Bertz CT molecular complexity index is 43.8. The van der Waals surface area contributed by atoms with Crippen LogP contribution < -0.4 is 18.0 Å². The van der Waals surface area contributed by atoms with Crippen LogP contribution in [0.1, 0.15) is 0 Å². The first-order valence-corrected chi connectivity index (χ1v) is 1.22. The van der Waals surface area contributed by atoms with Gasteiger partial charge in [-0.25, -0.2) is 4.79 Å². The van der Waals surface area contributed by atoms with Gasteiger partial charge in [-0.05, 0) is 0 Å². The molecule has 8 heavy (non-hydrogen) atoms. The Kier molecular flexibility index (Phi) is 137. The number of hydrogen-bond acceptors (Lipinski definition) is 3. The molecule has 0 fully saturated rings. The van der Waals surface area contributed by atoms with E-state index in [1.54, 1.807) is 0 Å². The van der Waals surface area contributed by atoms with Crippen molar-refractivity contribution in [1.82, 2.24) is 12.3 Å². The van der Waals surface area contributed by atoms with E-state index >= 15 is 0 Å². The summed E-state index contributed by atoms with van der Waals surface area (Å²) in [6, 6.07) is 0. The second-order valence-corrected chi connectivity index (χ2v) is 0.338. The average Bonchev–Trinajstić information content (AvgIpc) is 1.41. The Labute approximate surface area is 48.4 Å². The van der Waals surface area contributed by atoms with Crippen molar-refractivity contribution in [3.63, 3.8) is 0 Å². The Morgan fingerprint density at radius 1 is 1.38 bits per heavy atom. The third-order valence-corrected chi connectivity index (χ3v) is 0. The molecule has 0 saturated heterocycles. The van der Waals surface area contributed by atoms with Gasteiger partial charge >= 0.3 is 6.09 Å². The summed E-state index contributed by atoms with van der Waals surface area (Å²) in [5.74, 6) is 0. The number of carboxylic acid groups (broad SMARTS) is 1. The number of primary amides is 1. The van der Waals surface area contributed by atoms with E-state index < -0.39 is 6.09 Å².